The van der Waals surface area contributed by atoms with Crippen LogP contribution in [0.4, 0.5) is 5.82 Å². The minimum atomic E-state index is -0.850. The first-order chi connectivity index (χ1) is 9.08. The van der Waals surface area contributed by atoms with E-state index in [2.05, 4.69) is 4.98 Å². The number of nitrogen functional groups attached to an aromatic ring is 1. The molecule has 1 aromatic rings. The van der Waals surface area contributed by atoms with E-state index in [0.29, 0.717) is 0 Å². The van der Waals surface area contributed by atoms with E-state index in [9.17, 15) is 15.0 Å². The Bertz CT molecular complexity index is 498. The lowest BCUT2D eigenvalue weighted by Crippen LogP contribution is -2.34. The molecule has 0 aliphatic carbocycles. The van der Waals surface area contributed by atoms with Crippen molar-refractivity contribution in [2.24, 2.45) is 0 Å². The van der Waals surface area contributed by atoms with E-state index >= 15 is 0 Å². The van der Waals surface area contributed by atoms with Gasteiger partial charge in [0.1, 0.15) is 11.9 Å². The second kappa shape index (κ2) is 6.14. The Hall–Kier alpha value is -0.740. The van der Waals surface area contributed by atoms with Crippen molar-refractivity contribution >= 4 is 27.4 Å². The smallest absolute Gasteiger partial charge is 0.351 e. The van der Waals surface area contributed by atoms with Gasteiger partial charge < -0.3 is 20.7 Å². The fourth-order valence-corrected chi connectivity index (χ4v) is 4.02. The van der Waals surface area contributed by atoms with Crippen molar-refractivity contribution in [3.63, 3.8) is 0 Å². The van der Waals surface area contributed by atoms with Crippen molar-refractivity contribution in [3.8, 4) is 0 Å². The van der Waals surface area contributed by atoms with E-state index in [0.717, 1.165) is 0 Å². The lowest BCUT2D eigenvalue weighted by molar-refractivity contribution is -0.0456. The maximum Gasteiger partial charge on any atom is 0.351 e. The lowest BCUT2D eigenvalue weighted by Gasteiger charge is -2.20. The Morgan fingerprint density at radius 1 is 1.63 bits per heavy atom. The summed E-state index contributed by atoms with van der Waals surface area (Å²) in [6.45, 7) is -0.305. The predicted molar refractivity (Wildman–Crippen MR) is 74.8 cm³/mol. The van der Waals surface area contributed by atoms with Crippen molar-refractivity contribution in [1.29, 1.82) is 0 Å². The Morgan fingerprint density at radius 2 is 2.37 bits per heavy atom. The highest BCUT2D eigenvalue weighted by Gasteiger charge is 2.45. The molecular formula is C10H15N3O4S2. The molecule has 1 aromatic heterocycles. The molecule has 0 saturated carbocycles. The van der Waals surface area contributed by atoms with Gasteiger partial charge in [-0.3, -0.25) is 4.57 Å². The molecule has 9 heteroatoms. The molecule has 19 heavy (non-hydrogen) atoms. The minimum absolute atomic E-state index is 0.132. The highest BCUT2D eigenvalue weighted by molar-refractivity contribution is 8.76. The molecule has 0 amide bonds. The topological polar surface area (TPSA) is 111 Å². The SMILES string of the molecule is CSSC1C(O)[C@@H](CO)O[C@H]1n1ccc(N)nc1=O. The quantitative estimate of drug-likeness (QED) is 0.636. The normalized spacial score (nSPS) is 30.7. The van der Waals surface area contributed by atoms with Gasteiger partial charge in [-0.15, -0.1) is 0 Å². The number of aliphatic hydroxyl groups is 2. The maximum absolute atomic E-state index is 11.8. The summed E-state index contributed by atoms with van der Waals surface area (Å²) in [6, 6.07) is 1.49. The van der Waals surface area contributed by atoms with Crippen LogP contribution in [0.2, 0.25) is 0 Å². The van der Waals surface area contributed by atoms with E-state index in [1.807, 2.05) is 6.26 Å². The number of nitrogens with two attached hydrogens (primary N) is 1. The summed E-state index contributed by atoms with van der Waals surface area (Å²) in [7, 11) is 2.85. The van der Waals surface area contributed by atoms with Crippen molar-refractivity contribution in [2.45, 2.75) is 23.7 Å². The molecule has 2 unspecified atom stereocenters. The molecule has 1 saturated heterocycles. The van der Waals surface area contributed by atoms with Gasteiger partial charge in [-0.05, 0) is 12.3 Å². The highest BCUT2D eigenvalue weighted by Crippen LogP contribution is 2.41. The molecule has 4 atom stereocenters. The molecule has 2 rings (SSSR count). The third-order valence-corrected chi connectivity index (χ3v) is 5.00. The van der Waals surface area contributed by atoms with Gasteiger partial charge in [0, 0.05) is 6.20 Å². The zero-order chi connectivity index (χ0) is 14.0. The van der Waals surface area contributed by atoms with Crippen LogP contribution in [0.1, 0.15) is 6.23 Å². The third kappa shape index (κ3) is 2.90. The van der Waals surface area contributed by atoms with Crippen LogP contribution in [0.3, 0.4) is 0 Å². The number of nitrogens with zero attached hydrogens (tertiary/aromatic N) is 2. The summed E-state index contributed by atoms with van der Waals surface area (Å²) in [5, 5.41) is 18.9. The average molecular weight is 305 g/mol. The van der Waals surface area contributed by atoms with Crippen molar-refractivity contribution in [1.82, 2.24) is 9.55 Å². The summed E-state index contributed by atoms with van der Waals surface area (Å²) < 4.78 is 6.82. The van der Waals surface area contributed by atoms with Crippen LogP contribution in [-0.4, -0.2) is 50.1 Å². The van der Waals surface area contributed by atoms with Crippen LogP contribution in [0.25, 0.3) is 0 Å². The lowest BCUT2D eigenvalue weighted by atomic mass is 10.2. The molecule has 1 aliphatic rings. The molecule has 0 radical (unpaired) electrons. The van der Waals surface area contributed by atoms with Crippen LogP contribution < -0.4 is 11.4 Å². The van der Waals surface area contributed by atoms with Crippen molar-refractivity contribution in [3.05, 3.63) is 22.7 Å². The Kier molecular flexibility index (Phi) is 4.74. The monoisotopic (exact) mass is 305 g/mol. The van der Waals surface area contributed by atoms with E-state index in [-0.39, 0.29) is 17.7 Å². The molecule has 106 valence electrons. The molecule has 2 heterocycles. The molecule has 1 aliphatic heterocycles. The molecule has 7 nitrogen and oxygen atoms in total. The van der Waals surface area contributed by atoms with Gasteiger partial charge in [-0.2, -0.15) is 4.98 Å². The van der Waals surface area contributed by atoms with Gasteiger partial charge >= 0.3 is 5.69 Å². The Morgan fingerprint density at radius 3 is 2.95 bits per heavy atom. The van der Waals surface area contributed by atoms with Crippen molar-refractivity contribution in [2.75, 3.05) is 18.6 Å². The number of ether oxygens (including phenoxy) is 1. The summed E-state index contributed by atoms with van der Waals surface area (Å²) in [5.41, 5.74) is 4.90. The second-order valence-electron chi connectivity index (χ2n) is 4.01. The standard InChI is InChI=1S/C10H15N3O4S2/c1-18-19-8-7(15)5(4-14)17-9(8)13-3-2-6(11)12-10(13)16/h2-3,5,7-9,14-15H,4H2,1H3,(H2,11,12,16)/t5-,7?,8?,9-/m1/s1. The number of hydrogen-bond acceptors (Lipinski definition) is 8. The van der Waals surface area contributed by atoms with E-state index < -0.39 is 24.1 Å². The molecule has 0 spiro atoms. The van der Waals surface area contributed by atoms with E-state index in [1.165, 1.54) is 38.4 Å². The summed E-state index contributed by atoms with van der Waals surface area (Å²) in [4.78, 5) is 15.4. The molecule has 4 N–H and O–H groups in total. The summed E-state index contributed by atoms with van der Waals surface area (Å²) >= 11 is 0. The van der Waals surface area contributed by atoms with Gasteiger partial charge in [0.25, 0.3) is 0 Å². The number of aromatic nitrogens is 2. The molecule has 1 fully saturated rings. The van der Waals surface area contributed by atoms with Gasteiger partial charge in [0.15, 0.2) is 6.23 Å². The fraction of sp³-hybridized carbons (Fsp3) is 0.600. The molecular weight excluding hydrogens is 290 g/mol. The largest absolute Gasteiger partial charge is 0.394 e. The Labute approximate surface area is 117 Å². The number of hydrogen-bond donors (Lipinski definition) is 3. The van der Waals surface area contributed by atoms with Gasteiger partial charge in [0.05, 0.1) is 18.0 Å². The Balaban J connectivity index is 2.33. The van der Waals surface area contributed by atoms with Crippen LogP contribution >= 0.6 is 21.6 Å². The third-order valence-electron chi connectivity index (χ3n) is 2.83. The zero-order valence-electron chi connectivity index (χ0n) is 10.2. The van der Waals surface area contributed by atoms with Crippen LogP contribution in [-0.2, 0) is 4.74 Å². The van der Waals surface area contributed by atoms with Gasteiger partial charge in [-0.25, -0.2) is 4.79 Å². The number of aliphatic hydroxyl groups excluding tert-OH is 2. The number of rotatable bonds is 4. The fourth-order valence-electron chi connectivity index (χ4n) is 1.93. The first-order valence-corrected chi connectivity index (χ1v) is 8.19. The highest BCUT2D eigenvalue weighted by atomic mass is 33.1. The first kappa shape index (κ1) is 14.7. The minimum Gasteiger partial charge on any atom is -0.394 e. The first-order valence-electron chi connectivity index (χ1n) is 5.57. The van der Waals surface area contributed by atoms with E-state index in [1.54, 1.807) is 0 Å². The average Bonchev–Trinajstić information content (AvgIpc) is 2.68. The van der Waals surface area contributed by atoms with Crippen LogP contribution in [0.5, 0.6) is 0 Å². The van der Waals surface area contributed by atoms with Crippen molar-refractivity contribution < 1.29 is 14.9 Å². The second-order valence-corrected chi connectivity index (χ2v) is 6.66. The number of anilines is 1. The maximum atomic E-state index is 11.8. The van der Waals surface area contributed by atoms with Gasteiger partial charge in [-0.1, -0.05) is 21.6 Å². The predicted octanol–water partition coefficient (Wildman–Crippen LogP) is -0.544. The summed E-state index contributed by atoms with van der Waals surface area (Å²) in [6.07, 6.45) is 1.11. The molecule has 0 bridgehead atoms. The summed E-state index contributed by atoms with van der Waals surface area (Å²) in [5.74, 6) is 0.132. The van der Waals surface area contributed by atoms with E-state index in [4.69, 9.17) is 10.5 Å². The molecule has 0 aromatic carbocycles. The van der Waals surface area contributed by atoms with Crippen LogP contribution in [0.15, 0.2) is 17.1 Å². The zero-order valence-corrected chi connectivity index (χ0v) is 11.8. The van der Waals surface area contributed by atoms with Crippen LogP contribution in [0, 0.1) is 0 Å². The van der Waals surface area contributed by atoms with Gasteiger partial charge in [0.2, 0.25) is 0 Å².